The minimum Gasteiger partial charge on any atom is -0.478 e. The summed E-state index contributed by atoms with van der Waals surface area (Å²) in [6, 6.07) is 2.85. The zero-order valence-corrected chi connectivity index (χ0v) is 11.9. The second kappa shape index (κ2) is 7.14. The molecule has 1 aromatic rings. The Hall–Kier alpha value is -1.99. The predicted octanol–water partition coefficient (Wildman–Crippen LogP) is 0.230. The molecule has 1 fully saturated rings. The number of morpholine rings is 1. The molecule has 1 aliphatic rings. The Morgan fingerprint density at radius 1 is 1.57 bits per heavy atom. The fraction of sp³-hybridized carbons (Fsp3) is 0.500. The van der Waals surface area contributed by atoms with Crippen LogP contribution in [0.15, 0.2) is 18.3 Å². The minimum absolute atomic E-state index is 0.0758. The van der Waals surface area contributed by atoms with E-state index in [9.17, 15) is 9.59 Å². The van der Waals surface area contributed by atoms with Crippen LogP contribution in [0.3, 0.4) is 0 Å². The van der Waals surface area contributed by atoms with Crippen molar-refractivity contribution < 1.29 is 19.4 Å². The zero-order chi connectivity index (χ0) is 15.2. The van der Waals surface area contributed by atoms with Gasteiger partial charge >= 0.3 is 5.97 Å². The molecule has 114 valence electrons. The summed E-state index contributed by atoms with van der Waals surface area (Å²) in [6.45, 7) is 5.64. The number of hydrogen-bond donors (Lipinski definition) is 2. The zero-order valence-electron chi connectivity index (χ0n) is 11.9. The van der Waals surface area contributed by atoms with Gasteiger partial charge in [0.25, 0.3) is 5.91 Å². The van der Waals surface area contributed by atoms with Gasteiger partial charge in [0.05, 0.1) is 18.3 Å². The van der Waals surface area contributed by atoms with Gasteiger partial charge in [-0.1, -0.05) is 6.92 Å². The average molecular weight is 293 g/mol. The number of likely N-dealkylation sites (N-methyl/N-ethyl adjacent to an activating group) is 1. The number of nitrogens with zero attached hydrogens (tertiary/aromatic N) is 2. The van der Waals surface area contributed by atoms with Gasteiger partial charge in [-0.05, 0) is 18.7 Å². The molecule has 0 aromatic carbocycles. The number of ether oxygens (including phenoxy) is 1. The smallest absolute Gasteiger partial charge is 0.338 e. The first-order chi connectivity index (χ1) is 10.1. The van der Waals surface area contributed by atoms with Crippen molar-refractivity contribution in [3.63, 3.8) is 0 Å². The third kappa shape index (κ3) is 3.99. The van der Waals surface area contributed by atoms with E-state index in [0.29, 0.717) is 13.2 Å². The molecule has 1 aromatic heterocycles. The highest BCUT2D eigenvalue weighted by atomic mass is 16.5. The summed E-state index contributed by atoms with van der Waals surface area (Å²) in [7, 11) is 0. The molecule has 0 bridgehead atoms. The van der Waals surface area contributed by atoms with Crippen LogP contribution in [0.5, 0.6) is 0 Å². The monoisotopic (exact) mass is 293 g/mol. The van der Waals surface area contributed by atoms with E-state index in [1.165, 1.54) is 18.3 Å². The molecule has 2 heterocycles. The maximum Gasteiger partial charge on any atom is 0.338 e. The lowest BCUT2D eigenvalue weighted by Crippen LogP contribution is -2.47. The number of carbonyl (C=O) groups is 2. The van der Waals surface area contributed by atoms with Crippen molar-refractivity contribution in [2.75, 3.05) is 32.8 Å². The van der Waals surface area contributed by atoms with Crippen LogP contribution in [-0.2, 0) is 4.74 Å². The molecule has 1 unspecified atom stereocenters. The second-order valence-corrected chi connectivity index (χ2v) is 4.80. The first-order valence-corrected chi connectivity index (χ1v) is 6.92. The summed E-state index contributed by atoms with van der Waals surface area (Å²) in [5.41, 5.74) is -0.178. The molecule has 1 amide bonds. The molecule has 2 N–H and O–H groups in total. The first kappa shape index (κ1) is 15.4. The van der Waals surface area contributed by atoms with Crippen molar-refractivity contribution in [3.8, 4) is 0 Å². The van der Waals surface area contributed by atoms with E-state index in [2.05, 4.69) is 22.1 Å². The molecular weight excluding hydrogens is 274 g/mol. The van der Waals surface area contributed by atoms with Gasteiger partial charge in [0, 0.05) is 25.8 Å². The van der Waals surface area contributed by atoms with Gasteiger partial charge < -0.3 is 15.2 Å². The first-order valence-electron chi connectivity index (χ1n) is 6.92. The SMILES string of the molecule is CCN1CCOC(CNC(=O)c2ncccc2C(=O)O)C1. The Labute approximate surface area is 122 Å². The van der Waals surface area contributed by atoms with Crippen LogP contribution in [0.25, 0.3) is 0 Å². The number of pyridine rings is 1. The lowest BCUT2D eigenvalue weighted by atomic mass is 10.2. The Balaban J connectivity index is 1.94. The Kier molecular flexibility index (Phi) is 5.24. The van der Waals surface area contributed by atoms with Crippen molar-refractivity contribution >= 4 is 11.9 Å². The van der Waals surface area contributed by atoms with Crippen molar-refractivity contribution in [1.82, 2.24) is 15.2 Å². The normalized spacial score (nSPS) is 19.2. The fourth-order valence-corrected chi connectivity index (χ4v) is 2.24. The van der Waals surface area contributed by atoms with Crippen LogP contribution in [0, 0.1) is 0 Å². The van der Waals surface area contributed by atoms with Gasteiger partial charge in [-0.15, -0.1) is 0 Å². The van der Waals surface area contributed by atoms with Gasteiger partial charge in [-0.3, -0.25) is 14.7 Å². The van der Waals surface area contributed by atoms with Crippen LogP contribution >= 0.6 is 0 Å². The van der Waals surface area contributed by atoms with Gasteiger partial charge in [-0.2, -0.15) is 0 Å². The van der Waals surface area contributed by atoms with Crippen molar-refractivity contribution in [1.29, 1.82) is 0 Å². The maximum atomic E-state index is 12.1. The topological polar surface area (TPSA) is 91.8 Å². The molecule has 1 aliphatic heterocycles. The lowest BCUT2D eigenvalue weighted by molar-refractivity contribution is -0.0246. The number of carboxylic acids is 1. The van der Waals surface area contributed by atoms with E-state index in [0.717, 1.165) is 19.6 Å². The highest BCUT2D eigenvalue weighted by molar-refractivity contribution is 6.03. The lowest BCUT2D eigenvalue weighted by Gasteiger charge is -2.32. The molecule has 2 rings (SSSR count). The van der Waals surface area contributed by atoms with Gasteiger partial charge in [-0.25, -0.2) is 4.79 Å². The number of carbonyl (C=O) groups excluding carboxylic acids is 1. The van der Waals surface area contributed by atoms with Gasteiger partial charge in [0.15, 0.2) is 0 Å². The number of amides is 1. The number of rotatable bonds is 5. The van der Waals surface area contributed by atoms with Gasteiger partial charge in [0.2, 0.25) is 0 Å². The van der Waals surface area contributed by atoms with E-state index < -0.39 is 11.9 Å². The summed E-state index contributed by atoms with van der Waals surface area (Å²) in [6.07, 6.45) is 1.32. The van der Waals surface area contributed by atoms with E-state index in [1.54, 1.807) is 0 Å². The van der Waals surface area contributed by atoms with Crippen molar-refractivity contribution in [3.05, 3.63) is 29.6 Å². The number of aromatic carboxylic acids is 1. The number of nitrogens with one attached hydrogen (secondary N) is 1. The third-order valence-electron chi connectivity index (χ3n) is 3.41. The van der Waals surface area contributed by atoms with E-state index >= 15 is 0 Å². The number of aromatic nitrogens is 1. The molecule has 0 aliphatic carbocycles. The molecule has 7 heteroatoms. The molecular formula is C14H19N3O4. The Morgan fingerprint density at radius 3 is 3.10 bits per heavy atom. The van der Waals surface area contributed by atoms with Crippen LogP contribution < -0.4 is 5.32 Å². The summed E-state index contributed by atoms with van der Waals surface area (Å²) >= 11 is 0. The Bertz CT molecular complexity index is 521. The van der Waals surface area contributed by atoms with E-state index in [4.69, 9.17) is 9.84 Å². The molecule has 1 atom stereocenters. The van der Waals surface area contributed by atoms with Crippen molar-refractivity contribution in [2.45, 2.75) is 13.0 Å². The van der Waals surface area contributed by atoms with Gasteiger partial charge in [0.1, 0.15) is 5.69 Å². The summed E-state index contributed by atoms with van der Waals surface area (Å²) in [4.78, 5) is 29.2. The number of hydrogen-bond acceptors (Lipinski definition) is 5. The van der Waals surface area contributed by atoms with E-state index in [1.807, 2.05) is 0 Å². The third-order valence-corrected chi connectivity index (χ3v) is 3.41. The molecule has 0 spiro atoms. The summed E-state index contributed by atoms with van der Waals surface area (Å²) in [5.74, 6) is -1.66. The standard InChI is InChI=1S/C14H19N3O4/c1-2-17-6-7-21-10(9-17)8-16-13(18)12-11(14(19)20)4-3-5-15-12/h3-5,10H,2,6-9H2,1H3,(H,16,18)(H,19,20). The number of carboxylic acid groups (broad SMARTS) is 1. The van der Waals surface area contributed by atoms with Crippen LogP contribution in [-0.4, -0.2) is 65.8 Å². The Morgan fingerprint density at radius 2 is 2.38 bits per heavy atom. The molecule has 1 saturated heterocycles. The molecule has 7 nitrogen and oxygen atoms in total. The highest BCUT2D eigenvalue weighted by Crippen LogP contribution is 2.07. The molecule has 0 saturated carbocycles. The second-order valence-electron chi connectivity index (χ2n) is 4.80. The predicted molar refractivity (Wildman–Crippen MR) is 75.4 cm³/mol. The van der Waals surface area contributed by atoms with Crippen molar-refractivity contribution in [2.24, 2.45) is 0 Å². The summed E-state index contributed by atoms with van der Waals surface area (Å²) in [5, 5.41) is 11.7. The maximum absolute atomic E-state index is 12.1. The van der Waals surface area contributed by atoms with Crippen LogP contribution in [0.1, 0.15) is 27.8 Å². The largest absolute Gasteiger partial charge is 0.478 e. The average Bonchev–Trinajstić information content (AvgIpc) is 2.52. The molecule has 0 radical (unpaired) electrons. The van der Waals surface area contributed by atoms with Crippen LogP contribution in [0.2, 0.25) is 0 Å². The minimum atomic E-state index is -1.17. The highest BCUT2D eigenvalue weighted by Gasteiger charge is 2.22. The van der Waals surface area contributed by atoms with Crippen LogP contribution in [0.4, 0.5) is 0 Å². The summed E-state index contributed by atoms with van der Waals surface area (Å²) < 4.78 is 5.58. The quantitative estimate of drug-likeness (QED) is 0.807. The fourth-order valence-electron chi connectivity index (χ4n) is 2.24. The van der Waals surface area contributed by atoms with E-state index in [-0.39, 0.29) is 17.4 Å². The molecule has 21 heavy (non-hydrogen) atoms.